The van der Waals surface area contributed by atoms with Gasteiger partial charge in [-0.1, -0.05) is 12.1 Å². The minimum atomic E-state index is -0.408. The zero-order valence-electron chi connectivity index (χ0n) is 17.8. The summed E-state index contributed by atoms with van der Waals surface area (Å²) in [5.74, 6) is 0.963. The van der Waals surface area contributed by atoms with Crippen LogP contribution in [-0.4, -0.2) is 41.5 Å². The number of rotatable bonds is 6. The summed E-state index contributed by atoms with van der Waals surface area (Å²) in [5.41, 5.74) is 1.06. The van der Waals surface area contributed by atoms with Gasteiger partial charge in [-0.15, -0.1) is 11.3 Å². The number of thiophene rings is 1. The van der Waals surface area contributed by atoms with Gasteiger partial charge in [-0.25, -0.2) is 14.2 Å². The van der Waals surface area contributed by atoms with E-state index in [1.54, 1.807) is 17.4 Å². The number of urea groups is 1. The van der Waals surface area contributed by atoms with Crippen LogP contribution in [0.2, 0.25) is 0 Å². The smallest absolute Gasteiger partial charge is 0.319 e. The molecule has 32 heavy (non-hydrogen) atoms. The molecule has 1 fully saturated rings. The van der Waals surface area contributed by atoms with Gasteiger partial charge in [0.15, 0.2) is 0 Å². The molecule has 3 amide bonds. The summed E-state index contributed by atoms with van der Waals surface area (Å²) in [6, 6.07) is 9.23. The number of oxazole rings is 1. The number of piperidine rings is 1. The monoisotopic (exact) mass is 456 g/mol. The third-order valence-electron chi connectivity index (χ3n) is 5.45. The highest BCUT2D eigenvalue weighted by atomic mass is 32.1. The third-order valence-corrected chi connectivity index (χ3v) is 6.31. The molecule has 2 aromatic heterocycles. The fourth-order valence-corrected chi connectivity index (χ4v) is 4.44. The van der Waals surface area contributed by atoms with E-state index in [1.165, 1.54) is 18.2 Å². The Morgan fingerprint density at radius 3 is 2.97 bits per heavy atom. The molecule has 1 aliphatic rings. The van der Waals surface area contributed by atoms with Gasteiger partial charge in [0, 0.05) is 25.3 Å². The van der Waals surface area contributed by atoms with E-state index >= 15 is 0 Å². The molecule has 4 rings (SSSR count). The normalized spacial score (nSPS) is 16.1. The summed E-state index contributed by atoms with van der Waals surface area (Å²) in [5, 5.41) is 7.40. The number of nitrogens with zero attached hydrogens (tertiary/aromatic N) is 2. The highest BCUT2D eigenvalue weighted by Gasteiger charge is 2.25. The first-order chi connectivity index (χ1) is 15.5. The Hall–Kier alpha value is -3.20. The molecule has 168 valence electrons. The van der Waals surface area contributed by atoms with Crippen molar-refractivity contribution >= 4 is 29.0 Å². The summed E-state index contributed by atoms with van der Waals surface area (Å²) >= 11 is 1.54. The number of aromatic nitrogens is 1. The SMILES string of the molecule is Cc1oc(-c2cccs2)nc1CC(=O)N1CCCC(CNC(=O)Nc2cccc(F)c2)C1. The average molecular weight is 457 g/mol. The summed E-state index contributed by atoms with van der Waals surface area (Å²) < 4.78 is 19.0. The first-order valence-electron chi connectivity index (χ1n) is 10.6. The molecule has 1 aliphatic heterocycles. The molecule has 0 saturated carbocycles. The topological polar surface area (TPSA) is 87.5 Å². The lowest BCUT2D eigenvalue weighted by atomic mass is 9.97. The zero-order chi connectivity index (χ0) is 22.5. The maximum absolute atomic E-state index is 13.2. The van der Waals surface area contributed by atoms with Crippen LogP contribution < -0.4 is 10.6 Å². The number of carbonyl (C=O) groups is 2. The van der Waals surface area contributed by atoms with E-state index in [0.29, 0.717) is 42.7 Å². The number of nitrogens with one attached hydrogen (secondary N) is 2. The van der Waals surface area contributed by atoms with Crippen LogP contribution >= 0.6 is 11.3 Å². The van der Waals surface area contributed by atoms with Gasteiger partial charge < -0.3 is 20.0 Å². The standard InChI is InChI=1S/C23H25FN4O3S/c1-15-19(27-22(31-15)20-8-4-10-32-20)12-21(29)28-9-3-5-16(14-28)13-25-23(30)26-18-7-2-6-17(24)11-18/h2,4,6-8,10-11,16H,3,5,9,12-14H2,1H3,(H2,25,26,30). The molecular weight excluding hydrogens is 431 g/mol. The third kappa shape index (κ3) is 5.53. The van der Waals surface area contributed by atoms with Gasteiger partial charge in [-0.2, -0.15) is 0 Å². The van der Waals surface area contributed by atoms with Crippen LogP contribution in [0.3, 0.4) is 0 Å². The zero-order valence-corrected chi connectivity index (χ0v) is 18.6. The molecular formula is C23H25FN4O3S. The molecule has 3 aromatic rings. The number of hydrogen-bond acceptors (Lipinski definition) is 5. The van der Waals surface area contributed by atoms with Gasteiger partial charge in [0.05, 0.1) is 17.0 Å². The summed E-state index contributed by atoms with van der Waals surface area (Å²) in [6.45, 7) is 3.54. The van der Waals surface area contributed by atoms with E-state index < -0.39 is 11.8 Å². The quantitative estimate of drug-likeness (QED) is 0.574. The lowest BCUT2D eigenvalue weighted by molar-refractivity contribution is -0.132. The fourth-order valence-electron chi connectivity index (χ4n) is 3.79. The second-order valence-electron chi connectivity index (χ2n) is 7.87. The number of likely N-dealkylation sites (tertiary alicyclic amines) is 1. The van der Waals surface area contributed by atoms with Crippen molar-refractivity contribution in [1.29, 1.82) is 0 Å². The highest BCUT2D eigenvalue weighted by Crippen LogP contribution is 2.26. The van der Waals surface area contributed by atoms with E-state index in [9.17, 15) is 14.0 Å². The Labute approximate surface area is 189 Å². The van der Waals surface area contributed by atoms with E-state index in [2.05, 4.69) is 15.6 Å². The van der Waals surface area contributed by atoms with Crippen LogP contribution in [0.15, 0.2) is 46.2 Å². The number of anilines is 1. The van der Waals surface area contributed by atoms with Crippen LogP contribution in [0.4, 0.5) is 14.9 Å². The minimum Gasteiger partial charge on any atom is -0.440 e. The van der Waals surface area contributed by atoms with Gasteiger partial charge in [0.2, 0.25) is 11.8 Å². The molecule has 1 saturated heterocycles. The molecule has 1 unspecified atom stereocenters. The van der Waals surface area contributed by atoms with Gasteiger partial charge in [0.25, 0.3) is 0 Å². The molecule has 1 atom stereocenters. The van der Waals surface area contributed by atoms with E-state index in [1.807, 2.05) is 29.3 Å². The Balaban J connectivity index is 1.28. The van der Waals surface area contributed by atoms with Crippen LogP contribution in [0.1, 0.15) is 24.3 Å². The van der Waals surface area contributed by atoms with Crippen molar-refractivity contribution in [3.05, 3.63) is 59.0 Å². The molecule has 0 aliphatic carbocycles. The summed E-state index contributed by atoms with van der Waals surface area (Å²) in [6.07, 6.45) is 2.00. The van der Waals surface area contributed by atoms with Gasteiger partial charge >= 0.3 is 6.03 Å². The van der Waals surface area contributed by atoms with Crippen LogP contribution in [0.5, 0.6) is 0 Å². The maximum atomic E-state index is 13.2. The van der Waals surface area contributed by atoms with Gasteiger partial charge in [-0.3, -0.25) is 4.79 Å². The molecule has 1 aromatic carbocycles. The molecule has 0 spiro atoms. The van der Waals surface area contributed by atoms with Crippen molar-refractivity contribution in [1.82, 2.24) is 15.2 Å². The number of halogens is 1. The highest BCUT2D eigenvalue weighted by molar-refractivity contribution is 7.13. The largest absolute Gasteiger partial charge is 0.440 e. The van der Waals surface area contributed by atoms with Crippen LogP contribution in [-0.2, 0) is 11.2 Å². The Morgan fingerprint density at radius 1 is 1.31 bits per heavy atom. The molecule has 0 radical (unpaired) electrons. The number of aryl methyl sites for hydroxylation is 1. The van der Waals surface area contributed by atoms with Crippen molar-refractivity contribution in [3.63, 3.8) is 0 Å². The number of hydrogen-bond donors (Lipinski definition) is 2. The van der Waals surface area contributed by atoms with E-state index in [4.69, 9.17) is 4.42 Å². The van der Waals surface area contributed by atoms with Crippen molar-refractivity contribution in [3.8, 4) is 10.8 Å². The minimum absolute atomic E-state index is 0.00745. The lowest BCUT2D eigenvalue weighted by Crippen LogP contribution is -2.44. The van der Waals surface area contributed by atoms with Crippen molar-refractivity contribution in [2.45, 2.75) is 26.2 Å². The fraction of sp³-hybridized carbons (Fsp3) is 0.348. The lowest BCUT2D eigenvalue weighted by Gasteiger charge is -2.32. The number of benzene rings is 1. The predicted octanol–water partition coefficient (Wildman–Crippen LogP) is 4.45. The average Bonchev–Trinajstić information content (AvgIpc) is 3.43. The van der Waals surface area contributed by atoms with Crippen molar-refractivity contribution in [2.75, 3.05) is 25.0 Å². The van der Waals surface area contributed by atoms with Crippen molar-refractivity contribution < 1.29 is 18.4 Å². The second kappa shape index (κ2) is 9.95. The van der Waals surface area contributed by atoms with Crippen molar-refractivity contribution in [2.24, 2.45) is 5.92 Å². The molecule has 9 heteroatoms. The summed E-state index contributed by atoms with van der Waals surface area (Å²) in [4.78, 5) is 32.3. The van der Waals surface area contributed by atoms with Crippen LogP contribution in [0.25, 0.3) is 10.8 Å². The van der Waals surface area contributed by atoms with Gasteiger partial charge in [0.1, 0.15) is 11.6 Å². The Bertz CT molecular complexity index is 1080. The van der Waals surface area contributed by atoms with Gasteiger partial charge in [-0.05, 0) is 55.3 Å². The number of amides is 3. The van der Waals surface area contributed by atoms with E-state index in [-0.39, 0.29) is 18.2 Å². The Kier molecular flexibility index (Phi) is 6.84. The van der Waals surface area contributed by atoms with E-state index in [0.717, 1.165) is 17.7 Å². The first-order valence-corrected chi connectivity index (χ1v) is 11.4. The van der Waals surface area contributed by atoms with Crippen LogP contribution in [0, 0.1) is 18.7 Å². The predicted molar refractivity (Wildman–Crippen MR) is 121 cm³/mol. The molecule has 3 heterocycles. The summed E-state index contributed by atoms with van der Waals surface area (Å²) in [7, 11) is 0. The molecule has 0 bridgehead atoms. The first kappa shape index (κ1) is 22.0. The molecule has 2 N–H and O–H groups in total. The second-order valence-corrected chi connectivity index (χ2v) is 8.82. The number of carbonyl (C=O) groups excluding carboxylic acids is 2. The Morgan fingerprint density at radius 2 is 2.19 bits per heavy atom. The maximum Gasteiger partial charge on any atom is 0.319 e. The molecule has 7 nitrogen and oxygen atoms in total.